The van der Waals surface area contributed by atoms with E-state index in [9.17, 15) is 4.79 Å². The van der Waals surface area contributed by atoms with E-state index in [0.29, 0.717) is 23.9 Å². The van der Waals surface area contributed by atoms with Crippen LogP contribution in [0.1, 0.15) is 12.0 Å². The molecule has 0 N–H and O–H groups in total. The minimum Gasteiger partial charge on any atom is -0.310 e. The van der Waals surface area contributed by atoms with Gasteiger partial charge in [-0.1, -0.05) is 11.6 Å². The normalized spacial score (nSPS) is 20.6. The molecule has 5 heteroatoms. The Kier molecular flexibility index (Phi) is 3.36. The summed E-state index contributed by atoms with van der Waals surface area (Å²) in [7, 11) is 0. The van der Waals surface area contributed by atoms with Crippen molar-refractivity contribution >= 4 is 34.8 Å². The lowest BCUT2D eigenvalue weighted by Crippen LogP contribution is -2.25. The number of halogens is 2. The Labute approximate surface area is 104 Å². The van der Waals surface area contributed by atoms with Gasteiger partial charge in [0.25, 0.3) is 0 Å². The number of rotatable bonds is 2. The molecule has 0 radical (unpaired) electrons. The van der Waals surface area contributed by atoms with Gasteiger partial charge >= 0.3 is 0 Å². The average molecular weight is 259 g/mol. The summed E-state index contributed by atoms with van der Waals surface area (Å²) in [5, 5.41) is 0.517. The van der Waals surface area contributed by atoms with Crippen LogP contribution in [-0.2, 0) is 4.79 Å². The van der Waals surface area contributed by atoms with Gasteiger partial charge in [0.2, 0.25) is 5.91 Å². The fourth-order valence-electron chi connectivity index (χ4n) is 1.97. The Hall–Kier alpha value is -0.800. The van der Waals surface area contributed by atoms with Gasteiger partial charge in [0.1, 0.15) is 0 Å². The van der Waals surface area contributed by atoms with Crippen molar-refractivity contribution in [2.45, 2.75) is 13.3 Å². The number of hydrogen-bond acceptors (Lipinski definition) is 2. The third kappa shape index (κ3) is 2.02. The largest absolute Gasteiger partial charge is 0.310 e. The van der Waals surface area contributed by atoms with Crippen LogP contribution >= 0.6 is 23.2 Å². The van der Waals surface area contributed by atoms with E-state index < -0.39 is 0 Å². The third-order valence-corrected chi connectivity index (χ3v) is 3.46. The van der Waals surface area contributed by atoms with Gasteiger partial charge in [-0.05, 0) is 18.4 Å². The molecule has 2 rings (SSSR count). The summed E-state index contributed by atoms with van der Waals surface area (Å²) in [5.74, 6) is 0.809. The van der Waals surface area contributed by atoms with E-state index in [2.05, 4.69) is 4.98 Å². The summed E-state index contributed by atoms with van der Waals surface area (Å²) in [6, 6.07) is 0. The van der Waals surface area contributed by atoms with E-state index in [1.807, 2.05) is 6.92 Å². The highest BCUT2D eigenvalue weighted by atomic mass is 35.5. The van der Waals surface area contributed by atoms with Crippen LogP contribution in [0.2, 0.25) is 5.02 Å². The van der Waals surface area contributed by atoms with Crippen LogP contribution in [0, 0.1) is 12.8 Å². The molecule has 0 aromatic carbocycles. The second-order valence-electron chi connectivity index (χ2n) is 4.02. The lowest BCUT2D eigenvalue weighted by molar-refractivity contribution is -0.117. The number of alkyl halides is 1. The zero-order valence-corrected chi connectivity index (χ0v) is 10.4. The van der Waals surface area contributed by atoms with Crippen LogP contribution in [0.15, 0.2) is 12.4 Å². The van der Waals surface area contributed by atoms with Crippen LogP contribution in [0.25, 0.3) is 0 Å². The Bertz CT molecular complexity index is 402. The summed E-state index contributed by atoms with van der Waals surface area (Å²) in [6.45, 7) is 2.54. The van der Waals surface area contributed by atoms with Gasteiger partial charge in [0.05, 0.1) is 10.7 Å². The van der Waals surface area contributed by atoms with Crippen LogP contribution in [-0.4, -0.2) is 23.3 Å². The molecule has 1 atom stereocenters. The van der Waals surface area contributed by atoms with Crippen molar-refractivity contribution in [3.8, 4) is 0 Å². The number of anilines is 1. The fraction of sp³-hybridized carbons (Fsp3) is 0.455. The lowest BCUT2D eigenvalue weighted by atomic mass is 10.1. The van der Waals surface area contributed by atoms with Crippen molar-refractivity contribution in [2.75, 3.05) is 17.3 Å². The molecule has 1 amide bonds. The minimum absolute atomic E-state index is 0.0850. The highest BCUT2D eigenvalue weighted by molar-refractivity contribution is 6.34. The monoisotopic (exact) mass is 258 g/mol. The van der Waals surface area contributed by atoms with Gasteiger partial charge in [0, 0.05) is 31.2 Å². The maximum atomic E-state index is 11.8. The standard InChI is InChI=1S/C11H12Cl2N2O/c1-7-4-14-5-9(13)11(7)15-6-8(3-12)2-10(15)16/h4-5,8H,2-3,6H2,1H3. The van der Waals surface area contributed by atoms with Gasteiger partial charge in [-0.15, -0.1) is 11.6 Å². The zero-order chi connectivity index (χ0) is 11.7. The van der Waals surface area contributed by atoms with Crippen LogP contribution in [0.5, 0.6) is 0 Å². The number of aromatic nitrogens is 1. The molecule has 1 aromatic rings. The van der Waals surface area contributed by atoms with Gasteiger partial charge in [-0.25, -0.2) is 0 Å². The first-order chi connectivity index (χ1) is 7.63. The molecule has 0 bridgehead atoms. The second-order valence-corrected chi connectivity index (χ2v) is 4.73. The molecule has 0 saturated carbocycles. The Morgan fingerprint density at radius 1 is 1.56 bits per heavy atom. The molecule has 1 aromatic heterocycles. The Morgan fingerprint density at radius 2 is 2.31 bits per heavy atom. The van der Waals surface area contributed by atoms with E-state index in [4.69, 9.17) is 23.2 Å². The van der Waals surface area contributed by atoms with Crippen molar-refractivity contribution < 1.29 is 4.79 Å². The molecule has 3 nitrogen and oxygen atoms in total. The number of carbonyl (C=O) groups excluding carboxylic acids is 1. The maximum absolute atomic E-state index is 11.8. The molecular weight excluding hydrogens is 247 g/mol. The topological polar surface area (TPSA) is 33.2 Å². The van der Waals surface area contributed by atoms with Gasteiger partial charge in [-0.2, -0.15) is 0 Å². The third-order valence-electron chi connectivity index (χ3n) is 2.75. The summed E-state index contributed by atoms with van der Waals surface area (Å²) in [4.78, 5) is 17.5. The molecular formula is C11H12Cl2N2O. The van der Waals surface area contributed by atoms with E-state index in [1.165, 1.54) is 0 Å². The number of amides is 1. The van der Waals surface area contributed by atoms with Gasteiger partial charge in [-0.3, -0.25) is 9.78 Å². The smallest absolute Gasteiger partial charge is 0.227 e. The molecule has 0 spiro atoms. The second kappa shape index (κ2) is 4.60. The van der Waals surface area contributed by atoms with E-state index in [0.717, 1.165) is 11.3 Å². The lowest BCUT2D eigenvalue weighted by Gasteiger charge is -2.19. The minimum atomic E-state index is 0.0850. The summed E-state index contributed by atoms with van der Waals surface area (Å²) < 4.78 is 0. The molecule has 1 aliphatic heterocycles. The van der Waals surface area contributed by atoms with E-state index >= 15 is 0 Å². The number of nitrogens with zero attached hydrogens (tertiary/aromatic N) is 2. The van der Waals surface area contributed by atoms with Crippen molar-refractivity contribution in [2.24, 2.45) is 5.92 Å². The maximum Gasteiger partial charge on any atom is 0.227 e. The molecule has 1 fully saturated rings. The predicted octanol–water partition coefficient (Wildman–Crippen LogP) is 2.64. The van der Waals surface area contributed by atoms with Crippen molar-refractivity contribution in [3.05, 3.63) is 23.0 Å². The molecule has 1 aliphatic rings. The van der Waals surface area contributed by atoms with Crippen molar-refractivity contribution in [1.82, 2.24) is 4.98 Å². The molecule has 2 heterocycles. The highest BCUT2D eigenvalue weighted by Gasteiger charge is 2.31. The number of aryl methyl sites for hydroxylation is 1. The van der Waals surface area contributed by atoms with E-state index in [1.54, 1.807) is 17.3 Å². The van der Waals surface area contributed by atoms with Gasteiger partial charge in [0.15, 0.2) is 0 Å². The zero-order valence-electron chi connectivity index (χ0n) is 8.91. The van der Waals surface area contributed by atoms with Crippen molar-refractivity contribution in [3.63, 3.8) is 0 Å². The molecule has 16 heavy (non-hydrogen) atoms. The predicted molar refractivity (Wildman–Crippen MR) is 65.2 cm³/mol. The van der Waals surface area contributed by atoms with Crippen LogP contribution in [0.4, 0.5) is 5.69 Å². The Morgan fingerprint density at radius 3 is 2.88 bits per heavy atom. The van der Waals surface area contributed by atoms with Gasteiger partial charge < -0.3 is 4.90 Å². The molecule has 1 saturated heterocycles. The summed E-state index contributed by atoms with van der Waals surface area (Å²) >= 11 is 11.9. The van der Waals surface area contributed by atoms with E-state index in [-0.39, 0.29) is 11.8 Å². The number of carbonyl (C=O) groups is 1. The Balaban J connectivity index is 2.35. The molecule has 0 aliphatic carbocycles. The molecule has 86 valence electrons. The fourth-order valence-corrected chi connectivity index (χ4v) is 2.48. The van der Waals surface area contributed by atoms with Crippen molar-refractivity contribution in [1.29, 1.82) is 0 Å². The first kappa shape index (κ1) is 11.7. The summed E-state index contributed by atoms with van der Waals surface area (Å²) in [5.41, 5.74) is 1.69. The first-order valence-electron chi connectivity index (χ1n) is 5.10. The summed E-state index contributed by atoms with van der Waals surface area (Å²) in [6.07, 6.45) is 3.77. The SMILES string of the molecule is Cc1cncc(Cl)c1N1CC(CCl)CC1=O. The number of pyridine rings is 1. The van der Waals surface area contributed by atoms with Crippen LogP contribution < -0.4 is 4.90 Å². The van der Waals surface area contributed by atoms with Crippen LogP contribution in [0.3, 0.4) is 0 Å². The quantitative estimate of drug-likeness (QED) is 0.765. The average Bonchev–Trinajstić information content (AvgIpc) is 2.60. The highest BCUT2D eigenvalue weighted by Crippen LogP contribution is 2.33. The molecule has 1 unspecified atom stereocenters. The number of hydrogen-bond donors (Lipinski definition) is 0. The first-order valence-corrected chi connectivity index (χ1v) is 6.01.